The molecule has 136 valence electrons. The third-order valence-electron chi connectivity index (χ3n) is 3.04. The summed E-state index contributed by atoms with van der Waals surface area (Å²) in [6.45, 7) is 0. The number of carbonyl (C=O) groups is 1. The SMILES string of the molecule is COC(=O)/C(C=Nc1ccc(F)cc1F)=C(/O)c1cc(F)c(Cl)nc1Cl. The van der Waals surface area contributed by atoms with Crippen LogP contribution in [0.5, 0.6) is 0 Å². The van der Waals surface area contributed by atoms with E-state index in [1.165, 1.54) is 0 Å². The van der Waals surface area contributed by atoms with E-state index in [2.05, 4.69) is 14.7 Å². The molecule has 0 radical (unpaired) electrons. The largest absolute Gasteiger partial charge is 0.506 e. The Hall–Kier alpha value is -2.58. The van der Waals surface area contributed by atoms with E-state index in [9.17, 15) is 23.1 Å². The molecule has 2 aromatic rings. The van der Waals surface area contributed by atoms with Crippen LogP contribution in [0.25, 0.3) is 5.76 Å². The average Bonchev–Trinajstić information content (AvgIpc) is 2.59. The molecule has 0 fully saturated rings. The summed E-state index contributed by atoms with van der Waals surface area (Å²) in [4.78, 5) is 19.0. The Morgan fingerprint density at radius 3 is 2.50 bits per heavy atom. The predicted molar refractivity (Wildman–Crippen MR) is 90.3 cm³/mol. The smallest absolute Gasteiger partial charge is 0.343 e. The number of aromatic nitrogens is 1. The number of ether oxygens (including phenoxy) is 1. The first-order chi connectivity index (χ1) is 12.2. The van der Waals surface area contributed by atoms with Gasteiger partial charge in [0.25, 0.3) is 0 Å². The molecule has 0 aliphatic rings. The van der Waals surface area contributed by atoms with E-state index in [-0.39, 0.29) is 11.3 Å². The number of aliphatic imine (C=N–C) groups is 1. The van der Waals surface area contributed by atoms with Crippen molar-refractivity contribution >= 4 is 46.8 Å². The van der Waals surface area contributed by atoms with E-state index in [0.29, 0.717) is 6.07 Å². The highest BCUT2D eigenvalue weighted by atomic mass is 35.5. The first kappa shape index (κ1) is 19.7. The number of benzene rings is 1. The molecule has 1 aromatic carbocycles. The third-order valence-corrected chi connectivity index (χ3v) is 3.60. The lowest BCUT2D eigenvalue weighted by Gasteiger charge is -2.08. The third kappa shape index (κ3) is 4.33. The number of nitrogens with zero attached hydrogens (tertiary/aromatic N) is 2. The number of rotatable bonds is 4. The second-order valence-electron chi connectivity index (χ2n) is 4.71. The number of halogens is 5. The molecule has 0 aliphatic carbocycles. The molecule has 0 aliphatic heterocycles. The quantitative estimate of drug-likeness (QED) is 0.264. The van der Waals surface area contributed by atoms with Crippen LogP contribution >= 0.6 is 23.2 Å². The lowest BCUT2D eigenvalue weighted by atomic mass is 10.1. The Kier molecular flexibility index (Phi) is 6.23. The fraction of sp³-hybridized carbons (Fsp3) is 0.0625. The molecule has 1 aromatic heterocycles. The number of aliphatic hydroxyl groups excluding tert-OH is 1. The van der Waals surface area contributed by atoms with Gasteiger partial charge in [-0.3, -0.25) is 4.99 Å². The molecule has 0 spiro atoms. The second kappa shape index (κ2) is 8.20. The van der Waals surface area contributed by atoms with Crippen molar-refractivity contribution in [2.75, 3.05) is 7.11 Å². The fourth-order valence-corrected chi connectivity index (χ4v) is 2.21. The highest BCUT2D eigenvalue weighted by Gasteiger charge is 2.20. The summed E-state index contributed by atoms with van der Waals surface area (Å²) in [6.07, 6.45) is 0.764. The number of esters is 1. The first-order valence-corrected chi connectivity index (χ1v) is 7.52. The Balaban J connectivity index is 2.56. The van der Waals surface area contributed by atoms with Crippen LogP contribution in [0.1, 0.15) is 5.56 Å². The van der Waals surface area contributed by atoms with Crippen LogP contribution in [0, 0.1) is 17.5 Å². The van der Waals surface area contributed by atoms with Gasteiger partial charge in [-0.05, 0) is 18.2 Å². The van der Waals surface area contributed by atoms with Gasteiger partial charge in [-0.15, -0.1) is 0 Å². The van der Waals surface area contributed by atoms with Gasteiger partial charge < -0.3 is 9.84 Å². The molecular weight excluding hydrogens is 396 g/mol. The van der Waals surface area contributed by atoms with Crippen LogP contribution < -0.4 is 0 Å². The molecule has 1 heterocycles. The molecule has 1 N–H and O–H groups in total. The van der Waals surface area contributed by atoms with Crippen LogP contribution in [0.15, 0.2) is 34.8 Å². The summed E-state index contributed by atoms with van der Waals surface area (Å²) in [6, 6.07) is 3.31. The number of carbonyl (C=O) groups excluding carboxylic acids is 1. The minimum atomic E-state index is -1.07. The van der Waals surface area contributed by atoms with E-state index in [4.69, 9.17) is 23.2 Å². The van der Waals surface area contributed by atoms with Crippen LogP contribution in [0.2, 0.25) is 10.3 Å². The Morgan fingerprint density at radius 2 is 1.88 bits per heavy atom. The summed E-state index contributed by atoms with van der Waals surface area (Å²) in [7, 11) is 1.02. The van der Waals surface area contributed by atoms with Crippen molar-refractivity contribution in [3.8, 4) is 0 Å². The maximum Gasteiger partial charge on any atom is 0.343 e. The predicted octanol–water partition coefficient (Wildman–Crippen LogP) is 4.65. The van der Waals surface area contributed by atoms with Crippen LogP contribution in [-0.4, -0.2) is 29.4 Å². The van der Waals surface area contributed by atoms with Gasteiger partial charge in [0, 0.05) is 12.3 Å². The topological polar surface area (TPSA) is 71.8 Å². The monoisotopic (exact) mass is 404 g/mol. The maximum absolute atomic E-state index is 13.6. The normalized spacial score (nSPS) is 12.2. The van der Waals surface area contributed by atoms with Crippen LogP contribution in [0.4, 0.5) is 18.9 Å². The molecule has 5 nitrogen and oxygen atoms in total. The lowest BCUT2D eigenvalue weighted by molar-refractivity contribution is -0.135. The molecule has 0 saturated heterocycles. The number of aliphatic hydroxyl groups is 1. The zero-order valence-corrected chi connectivity index (χ0v) is 14.4. The number of methoxy groups -OCH3 is 1. The van der Waals surface area contributed by atoms with E-state index < -0.39 is 45.1 Å². The van der Waals surface area contributed by atoms with E-state index in [1.807, 2.05) is 0 Å². The summed E-state index contributed by atoms with van der Waals surface area (Å²) in [5.41, 5.74) is -1.24. The Bertz CT molecular complexity index is 933. The van der Waals surface area contributed by atoms with Gasteiger partial charge in [0.2, 0.25) is 0 Å². The van der Waals surface area contributed by atoms with Gasteiger partial charge in [-0.1, -0.05) is 23.2 Å². The van der Waals surface area contributed by atoms with Crippen molar-refractivity contribution < 1.29 is 27.8 Å². The van der Waals surface area contributed by atoms with E-state index >= 15 is 0 Å². The van der Waals surface area contributed by atoms with Crippen molar-refractivity contribution in [2.24, 2.45) is 4.99 Å². The van der Waals surface area contributed by atoms with Crippen molar-refractivity contribution in [2.45, 2.75) is 0 Å². The number of hydrogen-bond acceptors (Lipinski definition) is 5. The maximum atomic E-state index is 13.6. The van der Waals surface area contributed by atoms with Crippen LogP contribution in [-0.2, 0) is 9.53 Å². The van der Waals surface area contributed by atoms with Gasteiger partial charge in [0.05, 0.1) is 18.4 Å². The zero-order valence-electron chi connectivity index (χ0n) is 12.9. The fourth-order valence-electron chi connectivity index (χ4n) is 1.80. The summed E-state index contributed by atoms with van der Waals surface area (Å²) < 4.78 is 44.6. The summed E-state index contributed by atoms with van der Waals surface area (Å²) >= 11 is 11.3. The molecule has 0 bridgehead atoms. The minimum absolute atomic E-state index is 0.313. The zero-order chi connectivity index (χ0) is 19.4. The van der Waals surface area contributed by atoms with Gasteiger partial charge in [-0.25, -0.2) is 22.9 Å². The molecule has 26 heavy (non-hydrogen) atoms. The minimum Gasteiger partial charge on any atom is -0.506 e. The Morgan fingerprint density at radius 1 is 1.19 bits per heavy atom. The van der Waals surface area contributed by atoms with Gasteiger partial charge in [-0.2, -0.15) is 0 Å². The number of pyridine rings is 1. The average molecular weight is 405 g/mol. The van der Waals surface area contributed by atoms with E-state index in [0.717, 1.165) is 31.5 Å². The molecule has 2 rings (SSSR count). The summed E-state index contributed by atoms with van der Waals surface area (Å²) in [5.74, 6) is -4.70. The van der Waals surface area contributed by atoms with Crippen molar-refractivity contribution in [1.82, 2.24) is 4.98 Å². The highest BCUT2D eigenvalue weighted by Crippen LogP contribution is 2.27. The summed E-state index contributed by atoms with van der Waals surface area (Å²) in [5, 5.41) is 9.34. The standard InChI is InChI=1S/C16H9Cl2F3N2O3/c1-26-16(25)9(6-22-12-3-2-7(19)4-10(12)20)13(24)8-5-11(21)15(18)23-14(8)17/h2-6,24H,1H3/b13-9+,22-6?. The van der Waals surface area contributed by atoms with Crippen molar-refractivity contribution in [3.63, 3.8) is 0 Å². The van der Waals surface area contributed by atoms with E-state index in [1.54, 1.807) is 0 Å². The molecule has 0 saturated carbocycles. The first-order valence-electron chi connectivity index (χ1n) is 6.77. The highest BCUT2D eigenvalue weighted by molar-refractivity contribution is 6.34. The number of hydrogen-bond donors (Lipinski definition) is 1. The van der Waals surface area contributed by atoms with Crippen molar-refractivity contribution in [3.05, 3.63) is 63.2 Å². The van der Waals surface area contributed by atoms with Gasteiger partial charge >= 0.3 is 5.97 Å². The molecule has 0 unspecified atom stereocenters. The lowest BCUT2D eigenvalue weighted by Crippen LogP contribution is -2.09. The molecule has 0 atom stereocenters. The second-order valence-corrected chi connectivity index (χ2v) is 5.42. The van der Waals surface area contributed by atoms with Crippen molar-refractivity contribution in [1.29, 1.82) is 0 Å². The van der Waals surface area contributed by atoms with Gasteiger partial charge in [0.15, 0.2) is 16.8 Å². The van der Waals surface area contributed by atoms with Crippen LogP contribution in [0.3, 0.4) is 0 Å². The molecule has 0 amide bonds. The molecule has 10 heteroatoms. The van der Waals surface area contributed by atoms with Gasteiger partial charge in [0.1, 0.15) is 22.3 Å². The molecular formula is C16H9Cl2F3N2O3. The Labute approximate surface area is 155 Å².